The van der Waals surface area contributed by atoms with E-state index in [-0.39, 0.29) is 13.2 Å². The maximum Gasteiger partial charge on any atom is 0.255 e. The molecule has 1 amide bonds. The van der Waals surface area contributed by atoms with Crippen LogP contribution in [0.15, 0.2) is 24.3 Å². The second kappa shape index (κ2) is 7.06. The minimum atomic E-state index is -2.60. The van der Waals surface area contributed by atoms with Crippen molar-refractivity contribution in [2.75, 3.05) is 19.7 Å². The molecule has 100 valence electrons. The lowest BCUT2D eigenvalue weighted by Crippen LogP contribution is -2.37. The van der Waals surface area contributed by atoms with Crippen LogP contribution in [0.2, 0.25) is 0 Å². The number of aryl methyl sites for hydroxylation is 1. The lowest BCUT2D eigenvalue weighted by Gasteiger charge is -2.21. The van der Waals surface area contributed by atoms with Crippen LogP contribution in [0.25, 0.3) is 0 Å². The Labute approximate surface area is 105 Å². The molecule has 5 heteroatoms. The lowest BCUT2D eigenvalue weighted by molar-refractivity contribution is 0.0509. The van der Waals surface area contributed by atoms with E-state index in [9.17, 15) is 13.6 Å². The van der Waals surface area contributed by atoms with Crippen LogP contribution in [0.5, 0.6) is 0 Å². The number of hydrogen-bond acceptors (Lipinski definition) is 2. The lowest BCUT2D eigenvalue weighted by atomic mass is 10.1. The Kier molecular flexibility index (Phi) is 5.71. The standard InChI is InChI=1S/C13H17F2NO2/c1-2-10-3-5-11(6-4-10)13(18)16(7-8-17)9-12(14)15/h3-6,12,17H,2,7-9H2,1H3. The van der Waals surface area contributed by atoms with Gasteiger partial charge in [-0.15, -0.1) is 0 Å². The topological polar surface area (TPSA) is 40.5 Å². The van der Waals surface area contributed by atoms with E-state index < -0.39 is 18.9 Å². The van der Waals surface area contributed by atoms with Gasteiger partial charge in [-0.3, -0.25) is 4.79 Å². The third-order valence-electron chi connectivity index (χ3n) is 2.62. The number of alkyl halides is 2. The molecule has 0 spiro atoms. The zero-order chi connectivity index (χ0) is 13.5. The van der Waals surface area contributed by atoms with E-state index in [2.05, 4.69) is 0 Å². The highest BCUT2D eigenvalue weighted by molar-refractivity contribution is 5.94. The predicted molar refractivity (Wildman–Crippen MR) is 64.8 cm³/mol. The molecule has 1 N–H and O–H groups in total. The zero-order valence-corrected chi connectivity index (χ0v) is 10.3. The van der Waals surface area contributed by atoms with Crippen LogP contribution in [-0.2, 0) is 6.42 Å². The molecule has 1 aromatic carbocycles. The quantitative estimate of drug-likeness (QED) is 0.846. The summed E-state index contributed by atoms with van der Waals surface area (Å²) >= 11 is 0. The molecule has 0 aliphatic rings. The summed E-state index contributed by atoms with van der Waals surface area (Å²) in [5.74, 6) is -0.480. The molecule has 0 saturated carbocycles. The van der Waals surface area contributed by atoms with Crippen molar-refractivity contribution in [1.82, 2.24) is 4.90 Å². The molecule has 0 aliphatic heterocycles. The summed E-state index contributed by atoms with van der Waals surface area (Å²) in [6, 6.07) is 6.84. The number of aliphatic hydroxyl groups is 1. The average molecular weight is 257 g/mol. The fourth-order valence-corrected chi connectivity index (χ4v) is 1.63. The van der Waals surface area contributed by atoms with E-state index in [1.165, 1.54) is 0 Å². The van der Waals surface area contributed by atoms with Gasteiger partial charge in [0.15, 0.2) is 0 Å². The van der Waals surface area contributed by atoms with Crippen molar-refractivity contribution in [3.8, 4) is 0 Å². The van der Waals surface area contributed by atoms with Crippen molar-refractivity contribution < 1.29 is 18.7 Å². The first-order valence-electron chi connectivity index (χ1n) is 5.85. The molecule has 0 heterocycles. The Morgan fingerprint density at radius 1 is 1.33 bits per heavy atom. The van der Waals surface area contributed by atoms with Crippen LogP contribution in [0.3, 0.4) is 0 Å². The molecule has 0 bridgehead atoms. The van der Waals surface area contributed by atoms with Crippen LogP contribution in [-0.4, -0.2) is 42.0 Å². The third-order valence-corrected chi connectivity index (χ3v) is 2.62. The summed E-state index contributed by atoms with van der Waals surface area (Å²) < 4.78 is 24.7. The smallest absolute Gasteiger partial charge is 0.255 e. The maximum atomic E-state index is 12.3. The van der Waals surface area contributed by atoms with Gasteiger partial charge in [-0.05, 0) is 24.1 Å². The van der Waals surface area contributed by atoms with Gasteiger partial charge in [0.05, 0.1) is 13.2 Å². The molecule has 0 atom stereocenters. The van der Waals surface area contributed by atoms with Crippen molar-refractivity contribution in [1.29, 1.82) is 0 Å². The second-order valence-corrected chi connectivity index (χ2v) is 3.92. The molecule has 0 radical (unpaired) electrons. The molecule has 0 aliphatic carbocycles. The minimum absolute atomic E-state index is 0.0846. The Balaban J connectivity index is 2.80. The Hall–Kier alpha value is -1.49. The number of halogens is 2. The number of aliphatic hydroxyl groups excluding tert-OH is 1. The van der Waals surface area contributed by atoms with Gasteiger partial charge in [0, 0.05) is 12.1 Å². The summed E-state index contributed by atoms with van der Waals surface area (Å²) in [5, 5.41) is 8.79. The maximum absolute atomic E-state index is 12.3. The van der Waals surface area contributed by atoms with Crippen molar-refractivity contribution >= 4 is 5.91 Å². The van der Waals surface area contributed by atoms with Gasteiger partial charge < -0.3 is 10.0 Å². The van der Waals surface area contributed by atoms with Crippen LogP contribution >= 0.6 is 0 Å². The molecule has 1 aromatic rings. The summed E-state index contributed by atoms with van der Waals surface area (Å²) in [6.45, 7) is 0.921. The SMILES string of the molecule is CCc1ccc(C(=O)N(CCO)CC(F)F)cc1. The average Bonchev–Trinajstić information content (AvgIpc) is 2.37. The van der Waals surface area contributed by atoms with Crippen LogP contribution < -0.4 is 0 Å². The molecule has 0 aromatic heterocycles. The molecule has 0 unspecified atom stereocenters. The fourth-order valence-electron chi connectivity index (χ4n) is 1.63. The van der Waals surface area contributed by atoms with Crippen molar-refractivity contribution in [3.63, 3.8) is 0 Å². The molecule has 1 rings (SSSR count). The third kappa shape index (κ3) is 4.07. The zero-order valence-electron chi connectivity index (χ0n) is 10.3. The van der Waals surface area contributed by atoms with Crippen LogP contribution in [0, 0.1) is 0 Å². The van der Waals surface area contributed by atoms with Crippen molar-refractivity contribution in [2.45, 2.75) is 19.8 Å². The Bertz CT molecular complexity index is 379. The highest BCUT2D eigenvalue weighted by atomic mass is 19.3. The van der Waals surface area contributed by atoms with E-state index in [1.54, 1.807) is 24.3 Å². The monoisotopic (exact) mass is 257 g/mol. The van der Waals surface area contributed by atoms with E-state index in [0.29, 0.717) is 5.56 Å². The Morgan fingerprint density at radius 3 is 2.39 bits per heavy atom. The molecule has 0 saturated heterocycles. The summed E-state index contributed by atoms with van der Waals surface area (Å²) in [4.78, 5) is 12.9. The van der Waals surface area contributed by atoms with Gasteiger partial charge in [0.1, 0.15) is 0 Å². The van der Waals surface area contributed by atoms with Gasteiger partial charge in [0.2, 0.25) is 0 Å². The highest BCUT2D eigenvalue weighted by Gasteiger charge is 2.19. The van der Waals surface area contributed by atoms with Gasteiger partial charge in [0.25, 0.3) is 12.3 Å². The van der Waals surface area contributed by atoms with Gasteiger partial charge >= 0.3 is 0 Å². The van der Waals surface area contributed by atoms with Crippen LogP contribution in [0.4, 0.5) is 8.78 Å². The number of carbonyl (C=O) groups is 1. The van der Waals surface area contributed by atoms with Crippen LogP contribution in [0.1, 0.15) is 22.8 Å². The van der Waals surface area contributed by atoms with E-state index in [0.717, 1.165) is 16.9 Å². The first-order chi connectivity index (χ1) is 8.58. The van der Waals surface area contributed by atoms with Crippen molar-refractivity contribution in [3.05, 3.63) is 35.4 Å². The minimum Gasteiger partial charge on any atom is -0.395 e. The molecule has 18 heavy (non-hydrogen) atoms. The summed E-state index contributed by atoms with van der Waals surface area (Å²) in [5.41, 5.74) is 1.44. The molecule has 0 fully saturated rings. The van der Waals surface area contributed by atoms with E-state index in [4.69, 9.17) is 5.11 Å². The van der Waals surface area contributed by atoms with Crippen molar-refractivity contribution in [2.24, 2.45) is 0 Å². The highest BCUT2D eigenvalue weighted by Crippen LogP contribution is 2.09. The van der Waals surface area contributed by atoms with E-state index in [1.807, 2.05) is 6.92 Å². The van der Waals surface area contributed by atoms with Gasteiger partial charge in [-0.2, -0.15) is 0 Å². The largest absolute Gasteiger partial charge is 0.395 e. The number of benzene rings is 1. The Morgan fingerprint density at radius 2 is 1.94 bits per heavy atom. The predicted octanol–water partition coefficient (Wildman–Crippen LogP) is 1.95. The second-order valence-electron chi connectivity index (χ2n) is 3.92. The summed E-state index contributed by atoms with van der Waals surface area (Å²) in [6.07, 6.45) is -1.75. The van der Waals surface area contributed by atoms with E-state index >= 15 is 0 Å². The number of rotatable bonds is 6. The number of amides is 1. The number of carbonyl (C=O) groups excluding carboxylic acids is 1. The number of nitrogens with zero attached hydrogens (tertiary/aromatic N) is 1. The number of hydrogen-bond donors (Lipinski definition) is 1. The molecular formula is C13H17F2NO2. The van der Waals surface area contributed by atoms with Gasteiger partial charge in [-0.25, -0.2) is 8.78 Å². The molecule has 3 nitrogen and oxygen atoms in total. The first kappa shape index (κ1) is 14.6. The first-order valence-corrected chi connectivity index (χ1v) is 5.85. The fraction of sp³-hybridized carbons (Fsp3) is 0.462. The van der Waals surface area contributed by atoms with Gasteiger partial charge in [-0.1, -0.05) is 19.1 Å². The molecular weight excluding hydrogens is 240 g/mol. The normalized spacial score (nSPS) is 10.7. The summed E-state index contributed by atoms with van der Waals surface area (Å²) in [7, 11) is 0.